The number of hydrazone groups is 1. The van der Waals surface area contributed by atoms with E-state index in [1.54, 1.807) is 32.0 Å². The number of nitrogens with one attached hydrogen (secondary N) is 1. The quantitative estimate of drug-likeness (QED) is 0.372. The molecule has 2 aromatic carbocycles. The number of nitro groups is 1. The predicted octanol–water partition coefficient (Wildman–Crippen LogP) is 3.05. The highest BCUT2D eigenvalue weighted by Crippen LogP contribution is 2.19. The summed E-state index contributed by atoms with van der Waals surface area (Å²) in [5.74, 6) is -0.582. The van der Waals surface area contributed by atoms with Crippen LogP contribution in [0, 0.1) is 10.1 Å². The third-order valence-corrected chi connectivity index (χ3v) is 6.22. The first-order valence-electron chi connectivity index (χ1n) is 9.15. The number of hydrogen-bond acceptors (Lipinski definition) is 6. The second-order valence-corrected chi connectivity index (χ2v) is 7.95. The van der Waals surface area contributed by atoms with Gasteiger partial charge in [0.05, 0.1) is 15.4 Å². The lowest BCUT2D eigenvalue weighted by Crippen LogP contribution is -2.30. The fraction of sp³-hybridized carbons (Fsp3) is 0.200. The van der Waals surface area contributed by atoms with Crippen molar-refractivity contribution >= 4 is 33.9 Å². The summed E-state index contributed by atoms with van der Waals surface area (Å²) in [5.41, 5.74) is 2.79. The topological polar surface area (TPSA) is 122 Å². The molecule has 158 valence electrons. The van der Waals surface area contributed by atoms with Gasteiger partial charge in [-0.25, -0.2) is 13.8 Å². The number of rotatable bonds is 9. The van der Waals surface area contributed by atoms with Crippen LogP contribution in [0.2, 0.25) is 0 Å². The van der Waals surface area contributed by atoms with Crippen molar-refractivity contribution in [1.82, 2.24) is 9.73 Å². The molecule has 0 saturated heterocycles. The SMILES string of the molecule is CCN(CC)S(=O)(=O)c1cccc(C(=O)N/N=C\C=C\c2ccccc2[N+](=O)[O-])c1. The normalized spacial score (nSPS) is 12.0. The van der Waals surface area contributed by atoms with Crippen molar-refractivity contribution in [3.8, 4) is 0 Å². The first kappa shape index (κ1) is 22.9. The van der Waals surface area contributed by atoms with Gasteiger partial charge in [-0.15, -0.1) is 0 Å². The number of carbonyl (C=O) groups excluding carboxylic acids is 1. The van der Waals surface area contributed by atoms with E-state index in [-0.39, 0.29) is 16.1 Å². The zero-order valence-corrected chi connectivity index (χ0v) is 17.4. The van der Waals surface area contributed by atoms with E-state index in [2.05, 4.69) is 10.5 Å². The van der Waals surface area contributed by atoms with Gasteiger partial charge >= 0.3 is 0 Å². The van der Waals surface area contributed by atoms with E-state index in [1.165, 1.54) is 53.0 Å². The fourth-order valence-corrected chi connectivity index (χ4v) is 4.16. The van der Waals surface area contributed by atoms with Crippen molar-refractivity contribution in [2.24, 2.45) is 5.10 Å². The van der Waals surface area contributed by atoms with E-state index in [0.717, 1.165) is 0 Å². The minimum absolute atomic E-state index is 0.0270. The average molecular weight is 430 g/mol. The van der Waals surface area contributed by atoms with Crippen LogP contribution >= 0.6 is 0 Å². The van der Waals surface area contributed by atoms with Crippen LogP contribution in [0.5, 0.6) is 0 Å². The Kier molecular flexibility index (Phi) is 7.96. The van der Waals surface area contributed by atoms with Gasteiger partial charge in [-0.1, -0.05) is 32.0 Å². The maximum absolute atomic E-state index is 12.6. The molecule has 0 heterocycles. The second kappa shape index (κ2) is 10.4. The molecule has 0 spiro atoms. The summed E-state index contributed by atoms with van der Waals surface area (Å²) in [6.45, 7) is 4.13. The van der Waals surface area contributed by atoms with Crippen molar-refractivity contribution in [2.75, 3.05) is 13.1 Å². The molecule has 0 bridgehead atoms. The van der Waals surface area contributed by atoms with Crippen molar-refractivity contribution < 1.29 is 18.1 Å². The largest absolute Gasteiger partial charge is 0.276 e. The van der Waals surface area contributed by atoms with Crippen LogP contribution in [-0.2, 0) is 10.0 Å². The summed E-state index contributed by atoms with van der Waals surface area (Å²) in [6, 6.07) is 11.9. The van der Waals surface area contributed by atoms with Crippen molar-refractivity contribution in [3.63, 3.8) is 0 Å². The summed E-state index contributed by atoms with van der Waals surface area (Å²) < 4.78 is 26.5. The maximum atomic E-state index is 12.6. The standard InChI is InChI=1S/C20H22N4O5S/c1-3-23(4-2)30(28,29)18-12-7-10-17(15-18)20(25)22-21-14-8-11-16-9-5-6-13-19(16)24(26)27/h5-15H,3-4H2,1-2H3,(H,22,25)/b11-8+,21-14-. The summed E-state index contributed by atoms with van der Waals surface area (Å²) in [6.07, 6.45) is 4.21. The summed E-state index contributed by atoms with van der Waals surface area (Å²) >= 11 is 0. The van der Waals surface area contributed by atoms with E-state index in [1.807, 2.05) is 0 Å². The Bertz CT molecular complexity index is 1080. The zero-order chi connectivity index (χ0) is 22.1. The number of amides is 1. The molecule has 2 rings (SSSR count). The Balaban J connectivity index is 2.08. The lowest BCUT2D eigenvalue weighted by Gasteiger charge is -2.18. The highest BCUT2D eigenvalue weighted by atomic mass is 32.2. The van der Waals surface area contributed by atoms with E-state index < -0.39 is 20.9 Å². The first-order chi connectivity index (χ1) is 14.3. The Morgan fingerprint density at radius 2 is 1.87 bits per heavy atom. The monoisotopic (exact) mass is 430 g/mol. The molecule has 30 heavy (non-hydrogen) atoms. The maximum Gasteiger partial charge on any atom is 0.276 e. The predicted molar refractivity (Wildman–Crippen MR) is 115 cm³/mol. The molecule has 2 aromatic rings. The van der Waals surface area contributed by atoms with Crippen LogP contribution in [0.25, 0.3) is 6.08 Å². The molecule has 0 radical (unpaired) electrons. The van der Waals surface area contributed by atoms with Crippen molar-refractivity contribution in [3.05, 3.63) is 75.8 Å². The highest BCUT2D eigenvalue weighted by Gasteiger charge is 2.22. The molecule has 10 heteroatoms. The van der Waals surface area contributed by atoms with Gasteiger partial charge in [0.15, 0.2) is 0 Å². The number of carbonyl (C=O) groups is 1. The van der Waals surface area contributed by atoms with Crippen LogP contribution < -0.4 is 5.43 Å². The van der Waals surface area contributed by atoms with Gasteiger partial charge in [-0.3, -0.25) is 14.9 Å². The van der Waals surface area contributed by atoms with Gasteiger partial charge in [-0.2, -0.15) is 9.41 Å². The number of benzene rings is 2. The number of allylic oxidation sites excluding steroid dienone is 1. The molecular formula is C20H22N4O5S. The zero-order valence-electron chi connectivity index (χ0n) is 16.6. The number of sulfonamides is 1. The van der Waals surface area contributed by atoms with Gasteiger partial charge in [0, 0.05) is 30.9 Å². The lowest BCUT2D eigenvalue weighted by molar-refractivity contribution is -0.385. The Morgan fingerprint density at radius 1 is 1.17 bits per heavy atom. The molecule has 0 atom stereocenters. The second-order valence-electron chi connectivity index (χ2n) is 6.01. The molecule has 0 fully saturated rings. The molecule has 0 unspecified atom stereocenters. The number of para-hydroxylation sites is 1. The van der Waals surface area contributed by atoms with E-state index in [9.17, 15) is 23.3 Å². The highest BCUT2D eigenvalue weighted by molar-refractivity contribution is 7.89. The number of hydrogen-bond donors (Lipinski definition) is 1. The molecule has 0 aliphatic rings. The summed E-state index contributed by atoms with van der Waals surface area (Å²) in [7, 11) is -3.68. The number of nitrogens with zero attached hydrogens (tertiary/aromatic N) is 3. The molecule has 0 aliphatic carbocycles. The number of nitro benzene ring substituents is 1. The van der Waals surface area contributed by atoms with Gasteiger partial charge in [0.25, 0.3) is 11.6 Å². The third kappa shape index (κ3) is 5.58. The summed E-state index contributed by atoms with van der Waals surface area (Å²) in [4.78, 5) is 22.8. The van der Waals surface area contributed by atoms with Crippen LogP contribution in [0.3, 0.4) is 0 Å². The van der Waals surface area contributed by atoms with E-state index >= 15 is 0 Å². The van der Waals surface area contributed by atoms with Crippen molar-refractivity contribution in [1.29, 1.82) is 0 Å². The molecule has 0 saturated carbocycles. The van der Waals surface area contributed by atoms with E-state index in [4.69, 9.17) is 0 Å². The minimum Gasteiger partial charge on any atom is -0.267 e. The molecule has 1 N–H and O–H groups in total. The minimum atomic E-state index is -3.68. The Labute approximate surface area is 174 Å². The smallest absolute Gasteiger partial charge is 0.267 e. The van der Waals surface area contributed by atoms with Gasteiger partial charge in [-0.05, 0) is 36.4 Å². The fourth-order valence-electron chi connectivity index (χ4n) is 2.66. The Hall–Kier alpha value is -3.37. The molecule has 9 nitrogen and oxygen atoms in total. The Morgan fingerprint density at radius 3 is 2.53 bits per heavy atom. The van der Waals surface area contributed by atoms with Crippen LogP contribution in [0.1, 0.15) is 29.8 Å². The lowest BCUT2D eigenvalue weighted by atomic mass is 10.2. The van der Waals surface area contributed by atoms with Gasteiger partial charge in [0.2, 0.25) is 10.0 Å². The molecule has 0 aliphatic heterocycles. The third-order valence-electron chi connectivity index (χ3n) is 4.18. The van der Waals surface area contributed by atoms with Crippen LogP contribution in [0.4, 0.5) is 5.69 Å². The molecule has 0 aromatic heterocycles. The summed E-state index contributed by atoms with van der Waals surface area (Å²) in [5, 5.41) is 14.7. The molecular weight excluding hydrogens is 408 g/mol. The van der Waals surface area contributed by atoms with Crippen LogP contribution in [0.15, 0.2) is 64.6 Å². The molecule has 1 amide bonds. The van der Waals surface area contributed by atoms with Gasteiger partial charge < -0.3 is 0 Å². The average Bonchev–Trinajstić information content (AvgIpc) is 2.74. The van der Waals surface area contributed by atoms with Crippen molar-refractivity contribution in [2.45, 2.75) is 18.7 Å². The van der Waals surface area contributed by atoms with Crippen LogP contribution in [-0.4, -0.2) is 42.9 Å². The van der Waals surface area contributed by atoms with E-state index in [0.29, 0.717) is 18.7 Å². The first-order valence-corrected chi connectivity index (χ1v) is 10.6. The van der Waals surface area contributed by atoms with Gasteiger partial charge in [0.1, 0.15) is 0 Å².